The number of aromatic amines is 2. The van der Waals surface area contributed by atoms with Gasteiger partial charge in [-0.3, -0.25) is 0 Å². The van der Waals surface area contributed by atoms with Gasteiger partial charge in [-0.15, -0.1) is 0 Å². The molecule has 0 unspecified atom stereocenters. The monoisotopic (exact) mass is 400 g/mol. The smallest absolute Gasteiger partial charge is 0.352 e. The van der Waals surface area contributed by atoms with Crippen molar-refractivity contribution in [3.8, 4) is 33.6 Å². The van der Waals surface area contributed by atoms with Gasteiger partial charge in [0.15, 0.2) is 0 Å². The summed E-state index contributed by atoms with van der Waals surface area (Å²) < 4.78 is 0. The summed E-state index contributed by atoms with van der Waals surface area (Å²) >= 11 is 0. The first-order valence-electron chi connectivity index (χ1n) is 9.43. The summed E-state index contributed by atoms with van der Waals surface area (Å²) in [6.45, 7) is 3.67. The summed E-state index contributed by atoms with van der Waals surface area (Å²) in [6, 6.07) is 18.6. The quantitative estimate of drug-likeness (QED) is 0.362. The van der Waals surface area contributed by atoms with E-state index in [4.69, 9.17) is 0 Å². The number of carbonyl (C=O) groups is 2. The van der Waals surface area contributed by atoms with Crippen molar-refractivity contribution in [1.82, 2.24) is 9.97 Å². The number of rotatable bonds is 5. The molecule has 0 aliphatic carbocycles. The van der Waals surface area contributed by atoms with Crippen molar-refractivity contribution in [3.05, 3.63) is 83.2 Å². The molecule has 0 spiro atoms. The third kappa shape index (κ3) is 3.08. The van der Waals surface area contributed by atoms with E-state index in [9.17, 15) is 19.8 Å². The number of aromatic carboxylic acids is 2. The van der Waals surface area contributed by atoms with Crippen LogP contribution in [0.1, 0.15) is 32.1 Å². The van der Waals surface area contributed by atoms with Crippen LogP contribution in [0.5, 0.6) is 0 Å². The average molecular weight is 400 g/mol. The Labute approximate surface area is 172 Å². The summed E-state index contributed by atoms with van der Waals surface area (Å²) in [5.41, 5.74) is 5.47. The summed E-state index contributed by atoms with van der Waals surface area (Å²) in [7, 11) is 0. The molecule has 4 aromatic rings. The maximum atomic E-state index is 11.9. The second kappa shape index (κ2) is 7.40. The molecule has 6 heteroatoms. The Morgan fingerprint density at radius 2 is 0.967 bits per heavy atom. The Kier molecular flexibility index (Phi) is 4.75. The van der Waals surface area contributed by atoms with Crippen LogP contribution in [0.3, 0.4) is 0 Å². The van der Waals surface area contributed by atoms with Gasteiger partial charge in [0, 0.05) is 11.1 Å². The third-order valence-electron chi connectivity index (χ3n) is 5.30. The lowest BCUT2D eigenvalue weighted by Gasteiger charge is -2.04. The topological polar surface area (TPSA) is 106 Å². The fourth-order valence-corrected chi connectivity index (χ4v) is 3.94. The maximum absolute atomic E-state index is 11.9. The average Bonchev–Trinajstić information content (AvgIpc) is 3.26. The molecule has 0 aliphatic heterocycles. The Balaban J connectivity index is 1.99. The van der Waals surface area contributed by atoms with Crippen LogP contribution in [0.4, 0.5) is 0 Å². The molecule has 6 nitrogen and oxygen atoms in total. The number of H-pyrrole nitrogens is 2. The van der Waals surface area contributed by atoms with Gasteiger partial charge < -0.3 is 20.2 Å². The molecule has 0 fully saturated rings. The molecule has 2 aromatic carbocycles. The van der Waals surface area contributed by atoms with E-state index in [2.05, 4.69) is 9.97 Å². The number of nitrogens with one attached hydrogen (secondary N) is 2. The fraction of sp³-hybridized carbons (Fsp3) is 0.0833. The summed E-state index contributed by atoms with van der Waals surface area (Å²) in [5.74, 6) is -2.15. The number of aromatic nitrogens is 2. The SMILES string of the molecule is Cc1c(-c2[nH]c(C(=O)O)c(-c3ccccc3)c2C)[nH]c(C(=O)O)c1-c1ccccc1. The standard InChI is InChI=1S/C24H20N2O4/c1-13-17(15-9-5-3-6-10-15)21(23(27)28)25-19(13)20-14(2)18(22(26-20)24(29)30)16-11-7-4-8-12-16/h3-12,25-26H,1-2H3,(H,27,28)(H,29,30). The van der Waals surface area contributed by atoms with Crippen molar-refractivity contribution < 1.29 is 19.8 Å². The lowest BCUT2D eigenvalue weighted by molar-refractivity contribution is 0.0681. The van der Waals surface area contributed by atoms with Crippen LogP contribution < -0.4 is 0 Å². The minimum atomic E-state index is -1.07. The van der Waals surface area contributed by atoms with E-state index < -0.39 is 11.9 Å². The molecule has 4 rings (SSSR count). The first kappa shape index (κ1) is 19.3. The Bertz CT molecular complexity index is 1150. The Hall–Kier alpha value is -4.06. The minimum Gasteiger partial charge on any atom is -0.477 e. The lowest BCUT2D eigenvalue weighted by atomic mass is 9.97. The van der Waals surface area contributed by atoms with E-state index in [1.807, 2.05) is 74.5 Å². The van der Waals surface area contributed by atoms with Crippen molar-refractivity contribution in [2.45, 2.75) is 13.8 Å². The molecule has 2 aromatic heterocycles. The van der Waals surface area contributed by atoms with E-state index in [0.29, 0.717) is 22.5 Å². The van der Waals surface area contributed by atoms with Crippen LogP contribution in [-0.2, 0) is 0 Å². The van der Waals surface area contributed by atoms with Crippen LogP contribution in [0.2, 0.25) is 0 Å². The van der Waals surface area contributed by atoms with E-state index in [1.165, 1.54) is 0 Å². The number of carboxylic acids is 2. The molecule has 0 saturated heterocycles. The highest BCUT2D eigenvalue weighted by atomic mass is 16.4. The molecular formula is C24H20N2O4. The lowest BCUT2D eigenvalue weighted by Crippen LogP contribution is -1.99. The summed E-state index contributed by atoms with van der Waals surface area (Å²) in [4.78, 5) is 29.9. The molecule has 150 valence electrons. The Morgan fingerprint density at radius 1 is 0.633 bits per heavy atom. The van der Waals surface area contributed by atoms with Gasteiger partial charge in [0.2, 0.25) is 0 Å². The summed E-state index contributed by atoms with van der Waals surface area (Å²) in [5, 5.41) is 19.5. The van der Waals surface area contributed by atoms with Crippen molar-refractivity contribution in [2.24, 2.45) is 0 Å². The summed E-state index contributed by atoms with van der Waals surface area (Å²) in [6.07, 6.45) is 0. The zero-order valence-corrected chi connectivity index (χ0v) is 16.5. The van der Waals surface area contributed by atoms with E-state index in [-0.39, 0.29) is 11.4 Å². The molecule has 0 radical (unpaired) electrons. The zero-order chi connectivity index (χ0) is 21.4. The van der Waals surface area contributed by atoms with E-state index >= 15 is 0 Å². The largest absolute Gasteiger partial charge is 0.477 e. The van der Waals surface area contributed by atoms with E-state index in [1.54, 1.807) is 0 Å². The maximum Gasteiger partial charge on any atom is 0.352 e. The van der Waals surface area contributed by atoms with Crippen LogP contribution >= 0.6 is 0 Å². The van der Waals surface area contributed by atoms with Crippen LogP contribution in [0, 0.1) is 13.8 Å². The van der Waals surface area contributed by atoms with Gasteiger partial charge in [-0.05, 0) is 36.1 Å². The van der Waals surface area contributed by atoms with E-state index in [0.717, 1.165) is 22.3 Å². The van der Waals surface area contributed by atoms with Crippen molar-refractivity contribution in [2.75, 3.05) is 0 Å². The van der Waals surface area contributed by atoms with Gasteiger partial charge in [0.05, 0.1) is 11.4 Å². The van der Waals surface area contributed by atoms with Gasteiger partial charge in [-0.2, -0.15) is 0 Å². The second-order valence-electron chi connectivity index (χ2n) is 7.09. The predicted molar refractivity (Wildman–Crippen MR) is 115 cm³/mol. The number of benzene rings is 2. The molecule has 0 bridgehead atoms. The molecule has 4 N–H and O–H groups in total. The van der Waals surface area contributed by atoms with Gasteiger partial charge >= 0.3 is 11.9 Å². The molecule has 2 heterocycles. The normalized spacial score (nSPS) is 10.9. The second-order valence-corrected chi connectivity index (χ2v) is 7.09. The number of hydrogen-bond acceptors (Lipinski definition) is 2. The Morgan fingerprint density at radius 3 is 1.27 bits per heavy atom. The van der Waals surface area contributed by atoms with Crippen LogP contribution in [0.15, 0.2) is 60.7 Å². The highest BCUT2D eigenvalue weighted by Crippen LogP contribution is 2.39. The first-order chi connectivity index (χ1) is 14.4. The molecule has 0 atom stereocenters. The van der Waals surface area contributed by atoms with Gasteiger partial charge in [0.25, 0.3) is 0 Å². The molecule has 30 heavy (non-hydrogen) atoms. The highest BCUT2D eigenvalue weighted by Gasteiger charge is 2.26. The minimum absolute atomic E-state index is 0.0702. The van der Waals surface area contributed by atoms with Crippen molar-refractivity contribution >= 4 is 11.9 Å². The van der Waals surface area contributed by atoms with Gasteiger partial charge in [-0.1, -0.05) is 60.7 Å². The van der Waals surface area contributed by atoms with Crippen molar-refractivity contribution in [3.63, 3.8) is 0 Å². The number of hydrogen-bond donors (Lipinski definition) is 4. The molecular weight excluding hydrogens is 380 g/mol. The highest BCUT2D eigenvalue weighted by molar-refractivity contribution is 6.01. The van der Waals surface area contributed by atoms with Crippen molar-refractivity contribution in [1.29, 1.82) is 0 Å². The molecule has 0 aliphatic rings. The third-order valence-corrected chi connectivity index (χ3v) is 5.30. The van der Waals surface area contributed by atoms with Gasteiger partial charge in [0.1, 0.15) is 11.4 Å². The van der Waals surface area contributed by atoms with Crippen LogP contribution in [0.25, 0.3) is 33.6 Å². The van der Waals surface area contributed by atoms with Crippen LogP contribution in [-0.4, -0.2) is 32.1 Å². The van der Waals surface area contributed by atoms with Gasteiger partial charge in [-0.25, -0.2) is 9.59 Å². The zero-order valence-electron chi connectivity index (χ0n) is 16.5. The predicted octanol–water partition coefficient (Wildman–Crippen LogP) is 5.36. The fourth-order valence-electron chi connectivity index (χ4n) is 3.94. The molecule has 0 amide bonds. The first-order valence-corrected chi connectivity index (χ1v) is 9.43. The molecule has 0 saturated carbocycles. The number of carboxylic acid groups (broad SMARTS) is 2.